The van der Waals surface area contributed by atoms with E-state index in [2.05, 4.69) is 36.7 Å². The van der Waals surface area contributed by atoms with Crippen LogP contribution in [0.5, 0.6) is 5.88 Å². The third-order valence-electron chi connectivity index (χ3n) is 3.76. The van der Waals surface area contributed by atoms with Crippen molar-refractivity contribution in [2.75, 3.05) is 19.7 Å². The number of hydrogen-bond donors (Lipinski definition) is 1. The van der Waals surface area contributed by atoms with Crippen molar-refractivity contribution in [2.45, 2.75) is 0 Å². The van der Waals surface area contributed by atoms with Gasteiger partial charge in [-0.25, -0.2) is 18.4 Å². The van der Waals surface area contributed by atoms with Crippen molar-refractivity contribution in [3.05, 3.63) is 39.0 Å². The van der Waals surface area contributed by atoms with Gasteiger partial charge in [-0.15, -0.1) is 0 Å². The predicted molar refractivity (Wildman–Crippen MR) is 84.9 cm³/mol. The van der Waals surface area contributed by atoms with Gasteiger partial charge < -0.3 is 10.1 Å². The van der Waals surface area contributed by atoms with Crippen molar-refractivity contribution in [2.24, 2.45) is 5.92 Å². The summed E-state index contributed by atoms with van der Waals surface area (Å²) in [7, 11) is 0. The van der Waals surface area contributed by atoms with Crippen molar-refractivity contribution in [1.29, 1.82) is 0 Å². The molecule has 0 aliphatic carbocycles. The minimum Gasteiger partial charge on any atom is -0.473 e. The standard InChI is InChI=1S/C14H11BrFN5O4/c15-9-3-8(1-2-10(9)16)21-12(19-24-14(21)22)11-13(20-25-18-11)23-6-7-4-17-5-7/h1-3,7,17H,4-6H2. The Balaban J connectivity index is 1.71. The molecule has 3 aromatic rings. The van der Waals surface area contributed by atoms with Gasteiger partial charge in [-0.1, -0.05) is 5.16 Å². The number of benzene rings is 1. The lowest BCUT2D eigenvalue weighted by Crippen LogP contribution is -2.45. The van der Waals surface area contributed by atoms with Gasteiger partial charge in [0.15, 0.2) is 0 Å². The Morgan fingerprint density at radius 1 is 1.36 bits per heavy atom. The van der Waals surface area contributed by atoms with Crippen LogP contribution in [-0.4, -0.2) is 39.7 Å². The minimum absolute atomic E-state index is 0.0477. The minimum atomic E-state index is -0.759. The second-order valence-electron chi connectivity index (χ2n) is 5.46. The summed E-state index contributed by atoms with van der Waals surface area (Å²) in [6.45, 7) is 2.15. The first kappa shape index (κ1) is 16.0. The molecule has 1 saturated heterocycles. The summed E-state index contributed by atoms with van der Waals surface area (Å²) in [5.74, 6) is -0.694. The molecule has 1 fully saturated rings. The molecule has 1 aliphatic rings. The third kappa shape index (κ3) is 2.96. The van der Waals surface area contributed by atoms with Gasteiger partial charge in [0, 0.05) is 19.0 Å². The summed E-state index contributed by atoms with van der Waals surface area (Å²) in [6, 6.07) is 4.05. The highest BCUT2D eigenvalue weighted by Crippen LogP contribution is 2.27. The molecule has 1 aliphatic heterocycles. The van der Waals surface area contributed by atoms with Crippen molar-refractivity contribution >= 4 is 15.9 Å². The second-order valence-corrected chi connectivity index (χ2v) is 6.31. The molecule has 0 saturated carbocycles. The number of rotatable bonds is 5. The summed E-state index contributed by atoms with van der Waals surface area (Å²) < 4.78 is 29.8. The van der Waals surface area contributed by atoms with Crippen LogP contribution in [-0.2, 0) is 0 Å². The van der Waals surface area contributed by atoms with Crippen LogP contribution in [0.3, 0.4) is 0 Å². The van der Waals surface area contributed by atoms with E-state index in [9.17, 15) is 9.18 Å². The quantitative estimate of drug-likeness (QED) is 0.670. The molecule has 0 radical (unpaired) electrons. The fourth-order valence-corrected chi connectivity index (χ4v) is 2.69. The van der Waals surface area contributed by atoms with Gasteiger partial charge in [-0.2, -0.15) is 0 Å². The van der Waals surface area contributed by atoms with Crippen molar-refractivity contribution in [1.82, 2.24) is 25.4 Å². The molecular weight excluding hydrogens is 401 g/mol. The average Bonchev–Trinajstić information content (AvgIpc) is 3.15. The summed E-state index contributed by atoms with van der Waals surface area (Å²) in [5.41, 5.74) is 0.463. The first-order chi connectivity index (χ1) is 12.1. The second kappa shape index (κ2) is 6.41. The van der Waals surface area contributed by atoms with Crippen LogP contribution >= 0.6 is 15.9 Å². The molecule has 2 aromatic heterocycles. The van der Waals surface area contributed by atoms with Crippen molar-refractivity contribution in [3.8, 4) is 23.1 Å². The molecule has 1 aromatic carbocycles. The van der Waals surface area contributed by atoms with Crippen LogP contribution in [0.4, 0.5) is 4.39 Å². The monoisotopic (exact) mass is 411 g/mol. The van der Waals surface area contributed by atoms with Gasteiger partial charge in [-0.3, -0.25) is 4.52 Å². The molecule has 1 N–H and O–H groups in total. The van der Waals surface area contributed by atoms with Gasteiger partial charge in [0.05, 0.1) is 16.8 Å². The maximum absolute atomic E-state index is 13.5. The fourth-order valence-electron chi connectivity index (χ4n) is 2.33. The summed E-state index contributed by atoms with van der Waals surface area (Å²) >= 11 is 3.08. The Morgan fingerprint density at radius 2 is 2.20 bits per heavy atom. The zero-order chi connectivity index (χ0) is 17.4. The van der Waals surface area contributed by atoms with E-state index in [0.29, 0.717) is 18.2 Å². The van der Waals surface area contributed by atoms with Gasteiger partial charge in [0.1, 0.15) is 5.82 Å². The molecule has 11 heteroatoms. The van der Waals surface area contributed by atoms with E-state index < -0.39 is 11.6 Å². The van der Waals surface area contributed by atoms with Gasteiger partial charge in [0.25, 0.3) is 5.88 Å². The molecule has 0 unspecified atom stereocenters. The topological polar surface area (TPSA) is 108 Å². The zero-order valence-electron chi connectivity index (χ0n) is 12.6. The lowest BCUT2D eigenvalue weighted by molar-refractivity contribution is 0.183. The van der Waals surface area contributed by atoms with Gasteiger partial charge in [-0.05, 0) is 44.4 Å². The van der Waals surface area contributed by atoms with Gasteiger partial charge in [0.2, 0.25) is 11.5 Å². The Kier molecular flexibility index (Phi) is 4.09. The third-order valence-corrected chi connectivity index (χ3v) is 4.37. The molecule has 9 nitrogen and oxygen atoms in total. The molecule has 0 bridgehead atoms. The molecule has 0 amide bonds. The maximum Gasteiger partial charge on any atom is 0.446 e. The van der Waals surface area contributed by atoms with E-state index in [1.54, 1.807) is 0 Å². The maximum atomic E-state index is 13.5. The number of nitrogens with zero attached hydrogens (tertiary/aromatic N) is 4. The molecule has 3 heterocycles. The number of halogens is 2. The SMILES string of the molecule is O=c1onc(-c2nonc2OCC2CNC2)n1-c1ccc(F)c(Br)c1. The molecule has 130 valence electrons. The van der Waals surface area contributed by atoms with E-state index in [1.165, 1.54) is 18.2 Å². The highest BCUT2D eigenvalue weighted by Gasteiger charge is 2.25. The number of hydrogen-bond acceptors (Lipinski definition) is 8. The van der Waals surface area contributed by atoms with Crippen LogP contribution in [0, 0.1) is 11.7 Å². The average molecular weight is 412 g/mol. The summed E-state index contributed by atoms with van der Waals surface area (Å²) in [6.07, 6.45) is 0. The zero-order valence-corrected chi connectivity index (χ0v) is 14.2. The molecule has 25 heavy (non-hydrogen) atoms. The van der Waals surface area contributed by atoms with Crippen LogP contribution in [0.2, 0.25) is 0 Å². The molecule has 0 spiro atoms. The van der Waals surface area contributed by atoms with E-state index >= 15 is 0 Å². The Hall–Kier alpha value is -2.53. The smallest absolute Gasteiger partial charge is 0.446 e. The fraction of sp³-hybridized carbons (Fsp3) is 0.286. The Morgan fingerprint density at radius 3 is 2.92 bits per heavy atom. The first-order valence-electron chi connectivity index (χ1n) is 7.34. The normalized spacial score (nSPS) is 14.5. The van der Waals surface area contributed by atoms with E-state index in [1.807, 2.05) is 0 Å². The van der Waals surface area contributed by atoms with E-state index in [-0.39, 0.29) is 21.9 Å². The summed E-state index contributed by atoms with van der Waals surface area (Å²) in [5, 5.41) is 14.3. The van der Waals surface area contributed by atoms with Crippen LogP contribution in [0.15, 0.2) is 36.6 Å². The predicted octanol–water partition coefficient (Wildman–Crippen LogP) is 1.38. The van der Waals surface area contributed by atoms with Crippen LogP contribution < -0.4 is 15.8 Å². The lowest BCUT2D eigenvalue weighted by Gasteiger charge is -2.26. The van der Waals surface area contributed by atoms with Crippen molar-refractivity contribution in [3.63, 3.8) is 0 Å². The van der Waals surface area contributed by atoms with Gasteiger partial charge >= 0.3 is 5.76 Å². The molecule has 0 atom stereocenters. The van der Waals surface area contributed by atoms with Crippen molar-refractivity contribution < 1.29 is 18.3 Å². The van der Waals surface area contributed by atoms with E-state index in [4.69, 9.17) is 13.9 Å². The van der Waals surface area contributed by atoms with Crippen LogP contribution in [0.1, 0.15) is 0 Å². The van der Waals surface area contributed by atoms with Crippen LogP contribution in [0.25, 0.3) is 17.2 Å². The highest BCUT2D eigenvalue weighted by atomic mass is 79.9. The highest BCUT2D eigenvalue weighted by molar-refractivity contribution is 9.10. The molecule has 4 rings (SSSR count). The van der Waals surface area contributed by atoms with E-state index in [0.717, 1.165) is 17.7 Å². The first-order valence-corrected chi connectivity index (χ1v) is 8.13. The largest absolute Gasteiger partial charge is 0.473 e. The lowest BCUT2D eigenvalue weighted by atomic mass is 10.1. The number of ether oxygens (including phenoxy) is 1. The Bertz CT molecular complexity index is 964. The molecular formula is C14H11BrFN5O4. The number of aromatic nitrogens is 4. The summed E-state index contributed by atoms with van der Waals surface area (Å²) in [4.78, 5) is 12.1. The Labute approximate surface area is 147 Å². The number of nitrogens with one attached hydrogen (secondary N) is 1.